The fourth-order valence-corrected chi connectivity index (χ4v) is 3.37. The molecule has 0 fully saturated rings. The molecule has 1 N–H and O–H groups in total. The highest BCUT2D eigenvalue weighted by Gasteiger charge is 2.16. The number of nitrogens with one attached hydrogen (secondary N) is 1. The molecule has 2 unspecified atom stereocenters. The highest BCUT2D eigenvalue weighted by atomic mass is 127. The SMILES string of the molecule is CCC(C)n1ccc(CC(NC)c2cc(Br)ccc2I)n1. The lowest BCUT2D eigenvalue weighted by molar-refractivity contribution is 0.469. The molecule has 3 nitrogen and oxygen atoms in total. The van der Waals surface area contributed by atoms with Gasteiger partial charge in [0.15, 0.2) is 0 Å². The van der Waals surface area contributed by atoms with Crippen molar-refractivity contribution in [1.82, 2.24) is 15.1 Å². The molecule has 0 aliphatic carbocycles. The van der Waals surface area contributed by atoms with Gasteiger partial charge in [-0.05, 0) is 72.8 Å². The van der Waals surface area contributed by atoms with Crippen LogP contribution in [0.2, 0.25) is 0 Å². The Morgan fingerprint density at radius 1 is 1.38 bits per heavy atom. The van der Waals surface area contributed by atoms with Gasteiger partial charge in [-0.15, -0.1) is 0 Å². The minimum Gasteiger partial charge on any atom is -0.313 e. The number of likely N-dealkylation sites (N-methyl/N-ethyl adjacent to an activating group) is 1. The third-order valence-corrected chi connectivity index (χ3v) is 5.28. The van der Waals surface area contributed by atoms with Crippen LogP contribution in [0.3, 0.4) is 0 Å². The Bertz CT molecular complexity index is 597. The minimum atomic E-state index is 0.273. The number of aromatic nitrogens is 2. The zero-order valence-corrected chi connectivity index (χ0v) is 16.3. The van der Waals surface area contributed by atoms with Crippen LogP contribution in [0.25, 0.3) is 0 Å². The van der Waals surface area contributed by atoms with Crippen LogP contribution in [0, 0.1) is 3.57 Å². The standard InChI is InChI=1S/C16H21BrIN3/c1-4-11(2)21-8-7-13(20-21)10-16(19-3)14-9-12(17)5-6-15(14)18/h5-9,11,16,19H,4,10H2,1-3H3. The topological polar surface area (TPSA) is 29.9 Å². The molecule has 0 amide bonds. The van der Waals surface area contributed by atoms with Crippen molar-refractivity contribution >= 4 is 38.5 Å². The van der Waals surface area contributed by atoms with Gasteiger partial charge in [-0.2, -0.15) is 5.10 Å². The maximum Gasteiger partial charge on any atom is 0.0643 e. The van der Waals surface area contributed by atoms with Gasteiger partial charge in [0.25, 0.3) is 0 Å². The maximum absolute atomic E-state index is 4.71. The van der Waals surface area contributed by atoms with Crippen molar-refractivity contribution in [3.63, 3.8) is 0 Å². The van der Waals surface area contributed by atoms with Crippen molar-refractivity contribution in [3.8, 4) is 0 Å². The van der Waals surface area contributed by atoms with Gasteiger partial charge >= 0.3 is 0 Å². The van der Waals surface area contributed by atoms with Gasteiger partial charge in [0.1, 0.15) is 0 Å². The second kappa shape index (κ2) is 7.74. The van der Waals surface area contributed by atoms with E-state index >= 15 is 0 Å². The molecule has 1 aromatic carbocycles. The van der Waals surface area contributed by atoms with E-state index in [1.54, 1.807) is 0 Å². The zero-order valence-electron chi connectivity index (χ0n) is 12.6. The van der Waals surface area contributed by atoms with Crippen molar-refractivity contribution in [1.29, 1.82) is 0 Å². The summed E-state index contributed by atoms with van der Waals surface area (Å²) in [6.07, 6.45) is 4.08. The summed E-state index contributed by atoms with van der Waals surface area (Å²) in [5, 5.41) is 8.12. The predicted molar refractivity (Wildman–Crippen MR) is 99.6 cm³/mol. The normalized spacial score (nSPS) is 14.1. The third-order valence-electron chi connectivity index (χ3n) is 3.80. The molecule has 0 bridgehead atoms. The number of halogens is 2. The Kier molecular flexibility index (Phi) is 6.25. The van der Waals surface area contributed by atoms with Gasteiger partial charge in [-0.1, -0.05) is 22.9 Å². The van der Waals surface area contributed by atoms with E-state index in [1.165, 1.54) is 9.13 Å². The fraction of sp³-hybridized carbons (Fsp3) is 0.438. The maximum atomic E-state index is 4.71. The molecular weight excluding hydrogens is 441 g/mol. The minimum absolute atomic E-state index is 0.273. The summed E-state index contributed by atoms with van der Waals surface area (Å²) in [6.45, 7) is 4.38. The number of rotatable bonds is 6. The molecule has 0 saturated carbocycles. The molecule has 2 atom stereocenters. The largest absolute Gasteiger partial charge is 0.313 e. The van der Waals surface area contributed by atoms with Gasteiger partial charge < -0.3 is 5.32 Å². The first-order valence-corrected chi connectivity index (χ1v) is 9.08. The number of hydrogen-bond donors (Lipinski definition) is 1. The molecule has 1 heterocycles. The van der Waals surface area contributed by atoms with E-state index in [0.29, 0.717) is 6.04 Å². The quantitative estimate of drug-likeness (QED) is 0.630. The summed E-state index contributed by atoms with van der Waals surface area (Å²) in [4.78, 5) is 0. The highest BCUT2D eigenvalue weighted by Crippen LogP contribution is 2.26. The summed E-state index contributed by atoms with van der Waals surface area (Å²) in [5.41, 5.74) is 2.44. The van der Waals surface area contributed by atoms with E-state index in [1.807, 2.05) is 7.05 Å². The number of hydrogen-bond acceptors (Lipinski definition) is 2. The Morgan fingerprint density at radius 2 is 2.14 bits per heavy atom. The highest BCUT2D eigenvalue weighted by molar-refractivity contribution is 14.1. The Hall–Kier alpha value is -0.400. The number of nitrogens with zero attached hydrogens (tertiary/aromatic N) is 2. The molecule has 2 rings (SSSR count). The van der Waals surface area contributed by atoms with E-state index in [0.717, 1.165) is 23.0 Å². The predicted octanol–water partition coefficient (Wildman–Crippen LogP) is 4.72. The third kappa shape index (κ3) is 4.29. The molecular formula is C16H21BrIN3. The molecule has 114 valence electrons. The van der Waals surface area contributed by atoms with Crippen molar-refractivity contribution in [3.05, 3.63) is 49.8 Å². The van der Waals surface area contributed by atoms with Gasteiger partial charge in [0.2, 0.25) is 0 Å². The Labute approximate surface area is 148 Å². The molecule has 2 aromatic rings. The molecule has 5 heteroatoms. The molecule has 0 aliphatic rings. The average molecular weight is 462 g/mol. The van der Waals surface area contributed by atoms with Crippen LogP contribution in [0.5, 0.6) is 0 Å². The smallest absolute Gasteiger partial charge is 0.0643 e. The van der Waals surface area contributed by atoms with Gasteiger partial charge in [0.05, 0.1) is 5.69 Å². The van der Waals surface area contributed by atoms with Crippen LogP contribution in [0.4, 0.5) is 0 Å². The van der Waals surface area contributed by atoms with Crippen LogP contribution < -0.4 is 5.32 Å². The van der Waals surface area contributed by atoms with Crippen molar-refractivity contribution < 1.29 is 0 Å². The van der Waals surface area contributed by atoms with Crippen LogP contribution >= 0.6 is 38.5 Å². The van der Waals surface area contributed by atoms with Crippen LogP contribution in [-0.2, 0) is 6.42 Å². The van der Waals surface area contributed by atoms with Gasteiger partial charge in [-0.3, -0.25) is 4.68 Å². The molecule has 0 saturated heterocycles. The van der Waals surface area contributed by atoms with Crippen molar-refractivity contribution in [2.45, 2.75) is 38.8 Å². The molecule has 0 aliphatic heterocycles. The lowest BCUT2D eigenvalue weighted by atomic mass is 10.0. The summed E-state index contributed by atoms with van der Waals surface area (Å²) < 4.78 is 4.45. The average Bonchev–Trinajstić information content (AvgIpc) is 2.95. The second-order valence-electron chi connectivity index (χ2n) is 5.26. The first-order chi connectivity index (χ1) is 10.0. The first-order valence-electron chi connectivity index (χ1n) is 7.21. The lowest BCUT2D eigenvalue weighted by Gasteiger charge is -2.18. The van der Waals surface area contributed by atoms with Crippen LogP contribution in [0.15, 0.2) is 34.9 Å². The lowest BCUT2D eigenvalue weighted by Crippen LogP contribution is -2.20. The summed E-state index contributed by atoms with van der Waals surface area (Å²) >= 11 is 5.95. The van der Waals surface area contributed by atoms with Gasteiger partial charge in [0, 0.05) is 32.7 Å². The van der Waals surface area contributed by atoms with Crippen molar-refractivity contribution in [2.24, 2.45) is 0 Å². The Balaban J connectivity index is 2.19. The zero-order chi connectivity index (χ0) is 15.4. The second-order valence-corrected chi connectivity index (χ2v) is 7.33. The molecule has 1 aromatic heterocycles. The van der Waals surface area contributed by atoms with Crippen molar-refractivity contribution in [2.75, 3.05) is 7.05 Å². The van der Waals surface area contributed by atoms with Crippen LogP contribution in [-0.4, -0.2) is 16.8 Å². The van der Waals surface area contributed by atoms with E-state index in [9.17, 15) is 0 Å². The van der Waals surface area contributed by atoms with Gasteiger partial charge in [-0.25, -0.2) is 0 Å². The Morgan fingerprint density at radius 3 is 2.81 bits per heavy atom. The summed E-state index contributed by atoms with van der Waals surface area (Å²) in [7, 11) is 2.01. The molecule has 0 radical (unpaired) electrons. The van der Waals surface area contributed by atoms with E-state index < -0.39 is 0 Å². The van der Waals surface area contributed by atoms with Crippen LogP contribution in [0.1, 0.15) is 43.6 Å². The van der Waals surface area contributed by atoms with E-state index in [4.69, 9.17) is 5.10 Å². The van der Waals surface area contributed by atoms with E-state index in [2.05, 4.69) is 92.8 Å². The first kappa shape index (κ1) is 17.0. The molecule has 0 spiro atoms. The van der Waals surface area contributed by atoms with E-state index in [-0.39, 0.29) is 6.04 Å². The monoisotopic (exact) mass is 461 g/mol. The number of benzene rings is 1. The fourth-order valence-electron chi connectivity index (χ4n) is 2.28. The molecule has 21 heavy (non-hydrogen) atoms. The summed E-state index contributed by atoms with van der Waals surface area (Å²) in [5.74, 6) is 0. The summed E-state index contributed by atoms with van der Waals surface area (Å²) in [6, 6.07) is 9.26.